The van der Waals surface area contributed by atoms with Crippen LogP contribution in [0.5, 0.6) is 0 Å². The normalized spacial score (nSPS) is 30.6. The molecule has 2 unspecified atom stereocenters. The molecule has 1 N–H and O–H groups in total. The smallest absolute Gasteiger partial charge is 0.139 e. The Bertz CT molecular complexity index is 428. The zero-order valence-corrected chi connectivity index (χ0v) is 10.9. The van der Waals surface area contributed by atoms with Gasteiger partial charge in [0.1, 0.15) is 5.78 Å². The Balaban J connectivity index is 1.52. The van der Waals surface area contributed by atoms with Crippen LogP contribution in [0.4, 0.5) is 0 Å². The molecule has 2 atom stereocenters. The summed E-state index contributed by atoms with van der Waals surface area (Å²) in [6, 6.07) is 3.29. The fourth-order valence-electron chi connectivity index (χ4n) is 3.50. The third kappa shape index (κ3) is 2.64. The van der Waals surface area contributed by atoms with Crippen LogP contribution < -0.4 is 5.32 Å². The van der Waals surface area contributed by atoms with Gasteiger partial charge in [-0.2, -0.15) is 5.10 Å². The van der Waals surface area contributed by atoms with Gasteiger partial charge < -0.3 is 5.32 Å². The van der Waals surface area contributed by atoms with Crippen LogP contribution >= 0.6 is 0 Å². The van der Waals surface area contributed by atoms with Crippen LogP contribution in [-0.4, -0.2) is 27.6 Å². The molecule has 0 saturated carbocycles. The Labute approximate surface area is 108 Å². The van der Waals surface area contributed by atoms with E-state index in [0.717, 1.165) is 12.1 Å². The molecule has 0 amide bonds. The number of ketones is 1. The fourth-order valence-corrected chi connectivity index (χ4v) is 3.50. The molecule has 4 nitrogen and oxygen atoms in total. The molecule has 0 spiro atoms. The number of Topliss-reactive ketones (excluding diaryl/α,β-unsaturated/α-hetero) is 1. The van der Waals surface area contributed by atoms with Crippen LogP contribution in [-0.2, 0) is 18.3 Å². The topological polar surface area (TPSA) is 46.9 Å². The minimum atomic E-state index is 0.347. The lowest BCUT2D eigenvalue weighted by molar-refractivity contribution is -0.119. The van der Waals surface area contributed by atoms with Crippen molar-refractivity contribution in [3.8, 4) is 0 Å². The van der Waals surface area contributed by atoms with Crippen molar-refractivity contribution >= 4 is 5.78 Å². The van der Waals surface area contributed by atoms with Gasteiger partial charge in [0.2, 0.25) is 0 Å². The second-order valence-electron chi connectivity index (χ2n) is 5.88. The highest BCUT2D eigenvalue weighted by Gasteiger charge is 2.34. The number of carbonyl (C=O) groups excluding carboxylic acids is 1. The fraction of sp³-hybridized carbons (Fsp3) is 0.714. The van der Waals surface area contributed by atoms with Gasteiger partial charge in [0, 0.05) is 31.7 Å². The monoisotopic (exact) mass is 247 g/mol. The molecule has 1 aromatic rings. The van der Waals surface area contributed by atoms with Crippen molar-refractivity contribution in [3.63, 3.8) is 0 Å². The summed E-state index contributed by atoms with van der Waals surface area (Å²) < 4.78 is 1.76. The van der Waals surface area contributed by atoms with E-state index in [1.54, 1.807) is 4.68 Å². The molecule has 1 aromatic heterocycles. The molecular weight excluding hydrogens is 226 g/mol. The third-order valence-electron chi connectivity index (χ3n) is 4.23. The standard InChI is InChI=1S/C14H21N3O/c1-17-5-4-13(16-17)9-14(18)8-10-6-11-2-3-12(7-10)15-11/h4-5,10-12,15H,2-3,6-9H2,1H3. The van der Waals surface area contributed by atoms with Crippen molar-refractivity contribution in [2.75, 3.05) is 0 Å². The number of hydrogen-bond acceptors (Lipinski definition) is 3. The molecule has 98 valence electrons. The summed E-state index contributed by atoms with van der Waals surface area (Å²) in [7, 11) is 1.89. The number of rotatable bonds is 4. The summed E-state index contributed by atoms with van der Waals surface area (Å²) in [6.45, 7) is 0. The zero-order chi connectivity index (χ0) is 12.5. The molecular formula is C14H21N3O. The first-order valence-electron chi connectivity index (χ1n) is 6.95. The van der Waals surface area contributed by atoms with Gasteiger partial charge in [0.05, 0.1) is 12.1 Å². The van der Waals surface area contributed by atoms with E-state index in [1.165, 1.54) is 25.7 Å². The molecule has 0 aromatic carbocycles. The number of aryl methyl sites for hydroxylation is 1. The van der Waals surface area contributed by atoms with Crippen molar-refractivity contribution in [1.82, 2.24) is 15.1 Å². The van der Waals surface area contributed by atoms with Crippen molar-refractivity contribution < 1.29 is 4.79 Å². The number of aromatic nitrogens is 2. The lowest BCUT2D eigenvalue weighted by Crippen LogP contribution is -2.38. The van der Waals surface area contributed by atoms with E-state index in [-0.39, 0.29) is 0 Å². The number of fused-ring (bicyclic) bond motifs is 2. The molecule has 2 aliphatic rings. The van der Waals surface area contributed by atoms with Crippen LogP contribution in [0, 0.1) is 5.92 Å². The Morgan fingerprint density at radius 1 is 1.44 bits per heavy atom. The highest BCUT2D eigenvalue weighted by Crippen LogP contribution is 2.32. The second kappa shape index (κ2) is 4.84. The van der Waals surface area contributed by atoms with Gasteiger partial charge >= 0.3 is 0 Å². The molecule has 2 fully saturated rings. The van der Waals surface area contributed by atoms with Gasteiger partial charge in [-0.15, -0.1) is 0 Å². The molecule has 0 radical (unpaired) electrons. The van der Waals surface area contributed by atoms with Crippen molar-refractivity contribution in [3.05, 3.63) is 18.0 Å². The number of hydrogen-bond donors (Lipinski definition) is 1. The molecule has 2 aliphatic heterocycles. The number of nitrogens with zero attached hydrogens (tertiary/aromatic N) is 2. The van der Waals surface area contributed by atoms with Gasteiger partial charge in [-0.1, -0.05) is 0 Å². The van der Waals surface area contributed by atoms with E-state index >= 15 is 0 Å². The lowest BCUT2D eigenvalue weighted by Gasteiger charge is -2.28. The Morgan fingerprint density at radius 2 is 2.17 bits per heavy atom. The highest BCUT2D eigenvalue weighted by molar-refractivity contribution is 5.80. The van der Waals surface area contributed by atoms with Crippen molar-refractivity contribution in [2.45, 2.75) is 50.6 Å². The highest BCUT2D eigenvalue weighted by atomic mass is 16.1. The summed E-state index contributed by atoms with van der Waals surface area (Å²) in [4.78, 5) is 12.1. The third-order valence-corrected chi connectivity index (χ3v) is 4.23. The predicted octanol–water partition coefficient (Wildman–Crippen LogP) is 1.45. The van der Waals surface area contributed by atoms with Crippen molar-refractivity contribution in [1.29, 1.82) is 0 Å². The molecule has 3 rings (SSSR count). The van der Waals surface area contributed by atoms with E-state index in [2.05, 4.69) is 10.4 Å². The summed E-state index contributed by atoms with van der Waals surface area (Å²) in [5, 5.41) is 7.89. The van der Waals surface area contributed by atoms with Crippen LogP contribution in [0.25, 0.3) is 0 Å². The van der Waals surface area contributed by atoms with Crippen LogP contribution in [0.15, 0.2) is 12.3 Å². The van der Waals surface area contributed by atoms with Gasteiger partial charge in [0.15, 0.2) is 0 Å². The van der Waals surface area contributed by atoms with Gasteiger partial charge in [0.25, 0.3) is 0 Å². The largest absolute Gasteiger partial charge is 0.311 e. The molecule has 2 saturated heterocycles. The summed E-state index contributed by atoms with van der Waals surface area (Å²) >= 11 is 0. The average molecular weight is 247 g/mol. The van der Waals surface area contributed by atoms with E-state index in [4.69, 9.17) is 0 Å². The van der Waals surface area contributed by atoms with E-state index in [9.17, 15) is 4.79 Å². The lowest BCUT2D eigenvalue weighted by atomic mass is 9.87. The first kappa shape index (κ1) is 11.9. The maximum absolute atomic E-state index is 12.1. The molecule has 2 bridgehead atoms. The first-order chi connectivity index (χ1) is 8.69. The quantitative estimate of drug-likeness (QED) is 0.876. The van der Waals surface area contributed by atoms with Crippen LogP contribution in [0.3, 0.4) is 0 Å². The van der Waals surface area contributed by atoms with Crippen LogP contribution in [0.1, 0.15) is 37.8 Å². The molecule has 3 heterocycles. The van der Waals surface area contributed by atoms with Gasteiger partial charge in [-0.3, -0.25) is 9.48 Å². The summed E-state index contributed by atoms with van der Waals surface area (Å²) in [5.74, 6) is 0.944. The minimum absolute atomic E-state index is 0.347. The van der Waals surface area contributed by atoms with Gasteiger partial charge in [-0.25, -0.2) is 0 Å². The zero-order valence-electron chi connectivity index (χ0n) is 10.9. The summed E-state index contributed by atoms with van der Waals surface area (Å²) in [5.41, 5.74) is 0.902. The van der Waals surface area contributed by atoms with Gasteiger partial charge in [-0.05, 0) is 37.7 Å². The van der Waals surface area contributed by atoms with E-state index in [0.29, 0.717) is 30.2 Å². The molecule has 18 heavy (non-hydrogen) atoms. The predicted molar refractivity (Wildman–Crippen MR) is 69.2 cm³/mol. The second-order valence-corrected chi connectivity index (χ2v) is 5.88. The van der Waals surface area contributed by atoms with E-state index < -0.39 is 0 Å². The maximum Gasteiger partial charge on any atom is 0.139 e. The Morgan fingerprint density at radius 3 is 2.78 bits per heavy atom. The SMILES string of the molecule is Cn1ccc(CC(=O)CC2CC3CCC(C2)N3)n1. The average Bonchev–Trinajstić information content (AvgIpc) is 2.85. The number of carbonyl (C=O) groups is 1. The molecule has 4 heteroatoms. The number of piperidine rings is 1. The Hall–Kier alpha value is -1.16. The first-order valence-corrected chi connectivity index (χ1v) is 6.95. The maximum atomic E-state index is 12.1. The Kier molecular flexibility index (Phi) is 3.20. The number of nitrogens with one attached hydrogen (secondary N) is 1. The minimum Gasteiger partial charge on any atom is -0.311 e. The van der Waals surface area contributed by atoms with Crippen LogP contribution in [0.2, 0.25) is 0 Å². The van der Waals surface area contributed by atoms with Crippen molar-refractivity contribution in [2.24, 2.45) is 13.0 Å². The summed E-state index contributed by atoms with van der Waals surface area (Å²) in [6.07, 6.45) is 8.11. The molecule has 0 aliphatic carbocycles. The van der Waals surface area contributed by atoms with E-state index in [1.807, 2.05) is 19.3 Å².